The van der Waals surface area contributed by atoms with E-state index >= 15 is 0 Å². The Labute approximate surface area is 88.8 Å². The van der Waals surface area contributed by atoms with Crippen LogP contribution < -0.4 is 4.90 Å². The Bertz CT molecular complexity index is 496. The second kappa shape index (κ2) is 2.92. The summed E-state index contributed by atoms with van der Waals surface area (Å²) in [4.78, 5) is 11.0. The van der Waals surface area contributed by atoms with Gasteiger partial charge in [0.1, 0.15) is 12.1 Å². The van der Waals surface area contributed by atoms with Gasteiger partial charge in [0.2, 0.25) is 0 Å². The maximum absolute atomic E-state index is 4.38. The molecule has 3 nitrogen and oxygen atoms in total. The van der Waals surface area contributed by atoms with Crippen molar-refractivity contribution in [1.29, 1.82) is 0 Å². The zero-order valence-electron chi connectivity index (χ0n) is 8.88. The van der Waals surface area contributed by atoms with Gasteiger partial charge >= 0.3 is 0 Å². The molecule has 3 heteroatoms. The van der Waals surface area contributed by atoms with Gasteiger partial charge in [-0.1, -0.05) is 12.1 Å². The molecule has 0 spiro atoms. The Morgan fingerprint density at radius 2 is 1.80 bits per heavy atom. The number of fused-ring (bicyclic) bond motifs is 1. The van der Waals surface area contributed by atoms with Crippen LogP contribution in [0.5, 0.6) is 0 Å². The molecule has 15 heavy (non-hydrogen) atoms. The molecule has 76 valence electrons. The quantitative estimate of drug-likeness (QED) is 0.659. The van der Waals surface area contributed by atoms with Crippen molar-refractivity contribution in [2.24, 2.45) is 0 Å². The van der Waals surface area contributed by atoms with E-state index in [4.69, 9.17) is 0 Å². The summed E-state index contributed by atoms with van der Waals surface area (Å²) in [6.45, 7) is 4.45. The number of anilines is 1. The lowest BCUT2D eigenvalue weighted by molar-refractivity contribution is 1.05. The van der Waals surface area contributed by atoms with E-state index in [1.54, 1.807) is 6.33 Å². The van der Waals surface area contributed by atoms with Crippen LogP contribution in [0.2, 0.25) is 0 Å². The molecule has 2 aromatic rings. The van der Waals surface area contributed by atoms with E-state index in [1.165, 1.54) is 0 Å². The average Bonchev–Trinajstić information content (AvgIpc) is 2.86. The molecule has 2 atom stereocenters. The summed E-state index contributed by atoms with van der Waals surface area (Å²) in [6.07, 6.45) is 1.65. The molecule has 0 saturated carbocycles. The summed E-state index contributed by atoms with van der Waals surface area (Å²) >= 11 is 0. The van der Waals surface area contributed by atoms with Crippen molar-refractivity contribution in [3.63, 3.8) is 0 Å². The first-order valence-corrected chi connectivity index (χ1v) is 5.27. The van der Waals surface area contributed by atoms with Crippen molar-refractivity contribution in [3.05, 3.63) is 30.6 Å². The highest BCUT2D eigenvalue weighted by Gasteiger charge is 2.41. The molecule has 1 aliphatic heterocycles. The standard InChI is InChI=1S/C12H13N3/c1-8-9(2)15(8)12-10-5-3-4-6-11(10)13-7-14-12/h3-9H,1-2H3/t8-,9+,15?. The van der Waals surface area contributed by atoms with Crippen LogP contribution in [0.3, 0.4) is 0 Å². The molecule has 0 radical (unpaired) electrons. The summed E-state index contributed by atoms with van der Waals surface area (Å²) in [5.74, 6) is 1.07. The first-order valence-electron chi connectivity index (χ1n) is 5.27. The topological polar surface area (TPSA) is 28.8 Å². The number of nitrogens with zero attached hydrogens (tertiary/aromatic N) is 3. The summed E-state index contributed by atoms with van der Waals surface area (Å²) in [5, 5.41) is 1.15. The van der Waals surface area contributed by atoms with Gasteiger partial charge in [0.25, 0.3) is 0 Å². The van der Waals surface area contributed by atoms with Crippen LogP contribution in [-0.4, -0.2) is 22.1 Å². The van der Waals surface area contributed by atoms with Crippen molar-refractivity contribution in [3.8, 4) is 0 Å². The Morgan fingerprint density at radius 3 is 2.53 bits per heavy atom. The van der Waals surface area contributed by atoms with Gasteiger partial charge in [-0.2, -0.15) is 0 Å². The molecule has 1 fully saturated rings. The molecule has 0 N–H and O–H groups in total. The van der Waals surface area contributed by atoms with E-state index in [-0.39, 0.29) is 0 Å². The largest absolute Gasteiger partial charge is 0.346 e. The van der Waals surface area contributed by atoms with Crippen molar-refractivity contribution in [1.82, 2.24) is 9.97 Å². The second-order valence-corrected chi connectivity index (χ2v) is 4.10. The first-order chi connectivity index (χ1) is 7.29. The number of hydrogen-bond acceptors (Lipinski definition) is 3. The predicted octanol–water partition coefficient (Wildman–Crippen LogP) is 2.23. The molecule has 1 aromatic heterocycles. The summed E-state index contributed by atoms with van der Waals surface area (Å²) in [5.41, 5.74) is 1.02. The minimum absolute atomic E-state index is 0.600. The highest BCUT2D eigenvalue weighted by molar-refractivity contribution is 5.90. The molecular formula is C12H13N3. The molecule has 0 unspecified atom stereocenters. The Kier molecular flexibility index (Phi) is 1.69. The average molecular weight is 199 g/mol. The molecule has 1 aromatic carbocycles. The lowest BCUT2D eigenvalue weighted by atomic mass is 10.2. The van der Waals surface area contributed by atoms with Crippen LogP contribution in [0.15, 0.2) is 30.6 Å². The molecule has 0 aliphatic carbocycles. The third-order valence-electron chi connectivity index (χ3n) is 3.25. The Morgan fingerprint density at radius 1 is 1.07 bits per heavy atom. The molecule has 1 aliphatic rings. The normalized spacial score (nSPS) is 24.5. The van der Waals surface area contributed by atoms with Crippen molar-refractivity contribution in [2.75, 3.05) is 4.90 Å². The molecule has 3 rings (SSSR count). The van der Waals surface area contributed by atoms with Gasteiger partial charge in [-0.3, -0.25) is 0 Å². The predicted molar refractivity (Wildman–Crippen MR) is 60.9 cm³/mol. The van der Waals surface area contributed by atoms with Gasteiger partial charge < -0.3 is 4.90 Å². The first kappa shape index (κ1) is 8.65. The lowest BCUT2D eigenvalue weighted by Crippen LogP contribution is -2.01. The maximum atomic E-state index is 4.38. The number of benzene rings is 1. The number of rotatable bonds is 1. The fourth-order valence-electron chi connectivity index (χ4n) is 2.09. The van der Waals surface area contributed by atoms with E-state index < -0.39 is 0 Å². The summed E-state index contributed by atoms with van der Waals surface area (Å²) < 4.78 is 0. The van der Waals surface area contributed by atoms with E-state index in [0.717, 1.165) is 16.7 Å². The number of para-hydroxylation sites is 1. The minimum Gasteiger partial charge on any atom is -0.346 e. The zero-order chi connectivity index (χ0) is 10.4. The van der Waals surface area contributed by atoms with Crippen LogP contribution in [-0.2, 0) is 0 Å². The van der Waals surface area contributed by atoms with Gasteiger partial charge in [0, 0.05) is 17.5 Å². The lowest BCUT2D eigenvalue weighted by Gasteiger charge is -2.06. The summed E-state index contributed by atoms with van der Waals surface area (Å²) in [7, 11) is 0. The zero-order valence-corrected chi connectivity index (χ0v) is 8.88. The smallest absolute Gasteiger partial charge is 0.140 e. The monoisotopic (exact) mass is 199 g/mol. The van der Waals surface area contributed by atoms with Gasteiger partial charge in [0.15, 0.2) is 0 Å². The van der Waals surface area contributed by atoms with Crippen LogP contribution in [0.4, 0.5) is 5.82 Å². The van der Waals surface area contributed by atoms with Gasteiger partial charge in [0.05, 0.1) is 5.52 Å². The van der Waals surface area contributed by atoms with E-state index in [1.807, 2.05) is 18.2 Å². The van der Waals surface area contributed by atoms with Crippen LogP contribution >= 0.6 is 0 Å². The SMILES string of the molecule is C[C@@H]1[C@H](C)N1c1ncnc2ccccc12. The van der Waals surface area contributed by atoms with Crippen LogP contribution in [0.25, 0.3) is 10.9 Å². The summed E-state index contributed by atoms with van der Waals surface area (Å²) in [6, 6.07) is 9.36. The number of hydrogen-bond donors (Lipinski definition) is 0. The third kappa shape index (κ3) is 1.19. The third-order valence-corrected chi connectivity index (χ3v) is 3.25. The highest BCUT2D eigenvalue weighted by atomic mass is 15.4. The minimum atomic E-state index is 0.600. The number of aromatic nitrogens is 2. The van der Waals surface area contributed by atoms with Crippen molar-refractivity contribution >= 4 is 16.7 Å². The fraction of sp³-hybridized carbons (Fsp3) is 0.333. The Balaban J connectivity index is 2.19. The van der Waals surface area contributed by atoms with Crippen LogP contribution in [0.1, 0.15) is 13.8 Å². The van der Waals surface area contributed by atoms with Gasteiger partial charge in [-0.15, -0.1) is 0 Å². The van der Waals surface area contributed by atoms with Crippen LogP contribution in [0, 0.1) is 0 Å². The fourth-order valence-corrected chi connectivity index (χ4v) is 2.09. The molecular weight excluding hydrogens is 186 g/mol. The molecule has 0 amide bonds. The van der Waals surface area contributed by atoms with Gasteiger partial charge in [-0.05, 0) is 26.0 Å². The van der Waals surface area contributed by atoms with Crippen molar-refractivity contribution < 1.29 is 0 Å². The molecule has 2 heterocycles. The van der Waals surface area contributed by atoms with E-state index in [9.17, 15) is 0 Å². The molecule has 0 bridgehead atoms. The van der Waals surface area contributed by atoms with E-state index in [2.05, 4.69) is 34.8 Å². The van der Waals surface area contributed by atoms with Gasteiger partial charge in [-0.25, -0.2) is 9.97 Å². The second-order valence-electron chi connectivity index (χ2n) is 4.10. The molecule has 1 saturated heterocycles. The van der Waals surface area contributed by atoms with E-state index in [0.29, 0.717) is 12.1 Å². The highest BCUT2D eigenvalue weighted by Crippen LogP contribution is 2.36. The Hall–Kier alpha value is -1.64. The maximum Gasteiger partial charge on any atom is 0.140 e. The van der Waals surface area contributed by atoms with Crippen molar-refractivity contribution in [2.45, 2.75) is 25.9 Å².